The summed E-state index contributed by atoms with van der Waals surface area (Å²) in [4.78, 5) is 4.14. The lowest BCUT2D eigenvalue weighted by atomic mass is 9.84. The topological polar surface area (TPSA) is 60.2 Å². The zero-order valence-electron chi connectivity index (χ0n) is 11.2. The van der Waals surface area contributed by atoms with Crippen LogP contribution in [-0.4, -0.2) is 36.0 Å². The third-order valence-electron chi connectivity index (χ3n) is 3.43. The van der Waals surface area contributed by atoms with E-state index in [2.05, 4.69) is 20.2 Å². The lowest BCUT2D eigenvalue weighted by molar-refractivity contribution is -0.177. The van der Waals surface area contributed by atoms with E-state index in [9.17, 15) is 13.2 Å². The summed E-state index contributed by atoms with van der Waals surface area (Å²) >= 11 is 0. The number of ether oxygens (including phenoxy) is 1. The van der Waals surface area contributed by atoms with Gasteiger partial charge in [-0.15, -0.1) is 0 Å². The zero-order chi connectivity index (χ0) is 14.6. The predicted octanol–water partition coefficient (Wildman–Crippen LogP) is 2.39. The van der Waals surface area contributed by atoms with Gasteiger partial charge in [0.05, 0.1) is 5.92 Å². The molecule has 1 aliphatic carbocycles. The number of nitrogens with zero attached hydrogens (tertiary/aromatic N) is 2. The van der Waals surface area contributed by atoms with Gasteiger partial charge in [-0.2, -0.15) is 18.2 Å². The van der Waals surface area contributed by atoms with Gasteiger partial charge in [0.2, 0.25) is 5.89 Å². The molecule has 2 atom stereocenters. The standard InChI is InChI=1S/C12H18F3N3O2/c1-16-9-5-3-2-4-8(9)11-17-10(18-20-11)6-19-7-12(13,14)15/h8-9,16H,2-7H2,1H3. The van der Waals surface area contributed by atoms with Crippen molar-refractivity contribution >= 4 is 0 Å². The fraction of sp³-hybridized carbons (Fsp3) is 0.833. The molecule has 0 aliphatic heterocycles. The van der Waals surface area contributed by atoms with Crippen molar-refractivity contribution in [2.24, 2.45) is 0 Å². The van der Waals surface area contributed by atoms with Gasteiger partial charge in [-0.05, 0) is 19.9 Å². The smallest absolute Gasteiger partial charge is 0.364 e. The first-order valence-electron chi connectivity index (χ1n) is 6.64. The van der Waals surface area contributed by atoms with Crippen LogP contribution in [0.3, 0.4) is 0 Å². The number of nitrogens with one attached hydrogen (secondary N) is 1. The van der Waals surface area contributed by atoms with Gasteiger partial charge in [-0.3, -0.25) is 0 Å². The minimum Gasteiger partial charge on any atom is -0.364 e. The van der Waals surface area contributed by atoms with E-state index in [0.717, 1.165) is 25.7 Å². The molecule has 0 bridgehead atoms. The van der Waals surface area contributed by atoms with Crippen LogP contribution in [0.1, 0.15) is 43.3 Å². The molecule has 2 rings (SSSR count). The fourth-order valence-electron chi connectivity index (χ4n) is 2.51. The van der Waals surface area contributed by atoms with Gasteiger partial charge in [0, 0.05) is 6.04 Å². The first-order valence-corrected chi connectivity index (χ1v) is 6.64. The lowest BCUT2D eigenvalue weighted by Crippen LogP contribution is -2.34. The second-order valence-corrected chi connectivity index (χ2v) is 4.94. The third kappa shape index (κ3) is 4.17. The molecule has 1 fully saturated rings. The van der Waals surface area contributed by atoms with Gasteiger partial charge in [0.25, 0.3) is 0 Å². The first-order chi connectivity index (χ1) is 9.49. The van der Waals surface area contributed by atoms with Gasteiger partial charge in [-0.1, -0.05) is 18.0 Å². The van der Waals surface area contributed by atoms with E-state index in [4.69, 9.17) is 4.52 Å². The average molecular weight is 293 g/mol. The Hall–Kier alpha value is -1.15. The number of aromatic nitrogens is 2. The molecule has 1 saturated carbocycles. The molecule has 0 radical (unpaired) electrons. The number of hydrogen-bond donors (Lipinski definition) is 1. The molecule has 0 spiro atoms. The van der Waals surface area contributed by atoms with Crippen molar-refractivity contribution in [1.82, 2.24) is 15.5 Å². The molecule has 8 heteroatoms. The highest BCUT2D eigenvalue weighted by Gasteiger charge is 2.30. The second kappa shape index (κ2) is 6.53. The van der Waals surface area contributed by atoms with Gasteiger partial charge in [0.15, 0.2) is 5.82 Å². The largest absolute Gasteiger partial charge is 0.411 e. The van der Waals surface area contributed by atoms with E-state index in [0.29, 0.717) is 5.89 Å². The molecule has 1 N–H and O–H groups in total. The monoisotopic (exact) mass is 293 g/mol. The van der Waals surface area contributed by atoms with Crippen LogP contribution in [0.25, 0.3) is 0 Å². The molecule has 1 aromatic rings. The quantitative estimate of drug-likeness (QED) is 0.903. The molecule has 114 valence electrons. The van der Waals surface area contributed by atoms with E-state index in [1.807, 2.05) is 7.05 Å². The minimum absolute atomic E-state index is 0.123. The van der Waals surface area contributed by atoms with Crippen molar-refractivity contribution in [2.45, 2.75) is 50.4 Å². The van der Waals surface area contributed by atoms with Crippen LogP contribution in [0.5, 0.6) is 0 Å². The molecule has 1 heterocycles. The maximum atomic E-state index is 12.0. The van der Waals surface area contributed by atoms with Crippen molar-refractivity contribution in [3.63, 3.8) is 0 Å². The molecule has 2 unspecified atom stereocenters. The van der Waals surface area contributed by atoms with Crippen molar-refractivity contribution < 1.29 is 22.4 Å². The molecule has 1 aliphatic rings. The highest BCUT2D eigenvalue weighted by molar-refractivity contribution is 5.00. The summed E-state index contributed by atoms with van der Waals surface area (Å²) in [5, 5.41) is 6.89. The zero-order valence-corrected chi connectivity index (χ0v) is 11.2. The minimum atomic E-state index is -4.34. The summed E-state index contributed by atoms with van der Waals surface area (Å²) in [6.07, 6.45) is -0.129. The van der Waals surface area contributed by atoms with E-state index >= 15 is 0 Å². The van der Waals surface area contributed by atoms with Crippen LogP contribution >= 0.6 is 0 Å². The predicted molar refractivity (Wildman–Crippen MR) is 64.1 cm³/mol. The molecular formula is C12H18F3N3O2. The van der Waals surface area contributed by atoms with Gasteiger partial charge >= 0.3 is 6.18 Å². The SMILES string of the molecule is CNC1CCCCC1c1nc(COCC(F)(F)F)no1. The van der Waals surface area contributed by atoms with Crippen molar-refractivity contribution in [2.75, 3.05) is 13.7 Å². The van der Waals surface area contributed by atoms with Crippen LogP contribution < -0.4 is 5.32 Å². The first kappa shape index (κ1) is 15.2. The molecule has 0 amide bonds. The summed E-state index contributed by atoms with van der Waals surface area (Å²) in [5.41, 5.74) is 0. The summed E-state index contributed by atoms with van der Waals surface area (Å²) < 4.78 is 45.5. The Balaban J connectivity index is 1.91. The molecule has 1 aromatic heterocycles. The molecule has 0 saturated heterocycles. The Morgan fingerprint density at radius 2 is 2.10 bits per heavy atom. The normalized spacial score (nSPS) is 24.0. The van der Waals surface area contributed by atoms with Crippen molar-refractivity contribution in [3.05, 3.63) is 11.7 Å². The Kier molecular flexibility index (Phi) is 4.98. The molecule has 5 nitrogen and oxygen atoms in total. The van der Waals surface area contributed by atoms with E-state index in [-0.39, 0.29) is 24.4 Å². The highest BCUT2D eigenvalue weighted by Crippen LogP contribution is 2.32. The van der Waals surface area contributed by atoms with Crippen LogP contribution in [0.2, 0.25) is 0 Å². The Morgan fingerprint density at radius 1 is 1.35 bits per heavy atom. The van der Waals surface area contributed by atoms with Gasteiger partial charge < -0.3 is 14.6 Å². The number of rotatable bonds is 5. The molecular weight excluding hydrogens is 275 g/mol. The summed E-state index contributed by atoms with van der Waals surface area (Å²) in [5.74, 6) is 0.761. The van der Waals surface area contributed by atoms with Crippen molar-refractivity contribution in [1.29, 1.82) is 0 Å². The van der Waals surface area contributed by atoms with E-state index in [1.54, 1.807) is 0 Å². The Labute approximate surface area is 114 Å². The second-order valence-electron chi connectivity index (χ2n) is 4.94. The van der Waals surface area contributed by atoms with Crippen LogP contribution in [0, 0.1) is 0 Å². The lowest BCUT2D eigenvalue weighted by Gasteiger charge is -2.28. The van der Waals surface area contributed by atoms with Gasteiger partial charge in [-0.25, -0.2) is 0 Å². The molecule has 0 aromatic carbocycles. The fourth-order valence-corrected chi connectivity index (χ4v) is 2.51. The van der Waals surface area contributed by atoms with Crippen LogP contribution in [0.4, 0.5) is 13.2 Å². The van der Waals surface area contributed by atoms with Crippen molar-refractivity contribution in [3.8, 4) is 0 Å². The number of alkyl halides is 3. The van der Waals surface area contributed by atoms with Crippen LogP contribution in [-0.2, 0) is 11.3 Å². The average Bonchev–Trinajstić information content (AvgIpc) is 2.86. The number of likely N-dealkylation sites (N-methyl/N-ethyl adjacent to an activating group) is 1. The van der Waals surface area contributed by atoms with E-state index in [1.165, 1.54) is 0 Å². The molecule has 20 heavy (non-hydrogen) atoms. The summed E-state index contributed by atoms with van der Waals surface area (Å²) in [7, 11) is 1.88. The van der Waals surface area contributed by atoms with Crippen LogP contribution in [0.15, 0.2) is 4.52 Å². The summed E-state index contributed by atoms with van der Waals surface area (Å²) in [6.45, 7) is -1.60. The highest BCUT2D eigenvalue weighted by atomic mass is 19.4. The Bertz CT molecular complexity index is 422. The maximum absolute atomic E-state index is 12.0. The van der Waals surface area contributed by atoms with Gasteiger partial charge in [0.1, 0.15) is 13.2 Å². The number of hydrogen-bond acceptors (Lipinski definition) is 5. The Morgan fingerprint density at radius 3 is 2.80 bits per heavy atom. The van der Waals surface area contributed by atoms with E-state index < -0.39 is 12.8 Å². The maximum Gasteiger partial charge on any atom is 0.411 e. The summed E-state index contributed by atoms with van der Waals surface area (Å²) in [6, 6.07) is 0.271. The number of halogens is 3. The third-order valence-corrected chi connectivity index (χ3v) is 3.43.